The number of Topliss-reactive ketones (excluding diaryl/α,β-unsaturated/α-hetero) is 1. The molecule has 25 heavy (non-hydrogen) atoms. The highest BCUT2D eigenvalue weighted by atomic mass is 16.5. The van der Waals surface area contributed by atoms with E-state index in [4.69, 9.17) is 4.74 Å². The molecule has 128 valence electrons. The van der Waals surface area contributed by atoms with Crippen LogP contribution in [-0.4, -0.2) is 17.8 Å². The van der Waals surface area contributed by atoms with Crippen LogP contribution in [0.4, 0.5) is 4.79 Å². The standard InChI is InChI=1S/C20H19NO4/c22-18(17-11-5-2-6-12-17)13-7-8-14-19(23)21-20(24)25-15-16-9-3-1-4-10-16/h1-6,8-12,14H,7,13,15H2,(H,21,23,24)/b14-8+. The topological polar surface area (TPSA) is 72.5 Å². The zero-order valence-corrected chi connectivity index (χ0v) is 13.7. The Labute approximate surface area is 146 Å². The van der Waals surface area contributed by atoms with Gasteiger partial charge in [-0.05, 0) is 18.1 Å². The van der Waals surface area contributed by atoms with Crippen molar-refractivity contribution in [1.82, 2.24) is 5.32 Å². The van der Waals surface area contributed by atoms with E-state index in [1.165, 1.54) is 6.08 Å². The number of amides is 2. The molecule has 0 spiro atoms. The number of allylic oxidation sites excluding steroid dienone is 1. The monoisotopic (exact) mass is 337 g/mol. The molecule has 0 bridgehead atoms. The molecule has 0 aliphatic carbocycles. The Kier molecular flexibility index (Phi) is 7.13. The van der Waals surface area contributed by atoms with Gasteiger partial charge in [0.25, 0.3) is 5.91 Å². The third kappa shape index (κ3) is 6.83. The average molecular weight is 337 g/mol. The highest BCUT2D eigenvalue weighted by Gasteiger charge is 2.07. The number of imide groups is 1. The third-order valence-corrected chi connectivity index (χ3v) is 3.34. The molecule has 0 aromatic heterocycles. The van der Waals surface area contributed by atoms with Gasteiger partial charge in [-0.2, -0.15) is 0 Å². The Morgan fingerprint density at radius 2 is 1.56 bits per heavy atom. The maximum Gasteiger partial charge on any atom is 0.414 e. The molecule has 0 unspecified atom stereocenters. The van der Waals surface area contributed by atoms with Crippen molar-refractivity contribution < 1.29 is 19.1 Å². The van der Waals surface area contributed by atoms with Crippen LogP contribution in [0.15, 0.2) is 72.8 Å². The smallest absolute Gasteiger partial charge is 0.414 e. The molecule has 2 aromatic rings. The molecule has 5 nitrogen and oxygen atoms in total. The van der Waals surface area contributed by atoms with Crippen molar-refractivity contribution in [3.63, 3.8) is 0 Å². The number of carbonyl (C=O) groups excluding carboxylic acids is 3. The summed E-state index contributed by atoms with van der Waals surface area (Å²) < 4.78 is 4.94. The summed E-state index contributed by atoms with van der Waals surface area (Å²) in [7, 11) is 0. The summed E-state index contributed by atoms with van der Waals surface area (Å²) in [4.78, 5) is 35.0. The van der Waals surface area contributed by atoms with Gasteiger partial charge in [-0.15, -0.1) is 0 Å². The molecular weight excluding hydrogens is 318 g/mol. The van der Waals surface area contributed by atoms with Crippen LogP contribution in [0.1, 0.15) is 28.8 Å². The van der Waals surface area contributed by atoms with Crippen molar-refractivity contribution in [3.8, 4) is 0 Å². The van der Waals surface area contributed by atoms with Crippen molar-refractivity contribution in [2.45, 2.75) is 19.4 Å². The van der Waals surface area contributed by atoms with Crippen LogP contribution in [0.2, 0.25) is 0 Å². The Hall–Kier alpha value is -3.21. The summed E-state index contributed by atoms with van der Waals surface area (Å²) >= 11 is 0. The molecule has 2 rings (SSSR count). The van der Waals surface area contributed by atoms with Gasteiger partial charge in [-0.25, -0.2) is 4.79 Å². The number of ether oxygens (including phenoxy) is 1. The number of hydrogen-bond acceptors (Lipinski definition) is 4. The number of alkyl carbamates (subject to hydrolysis) is 1. The largest absolute Gasteiger partial charge is 0.444 e. The molecule has 0 heterocycles. The Balaban J connectivity index is 1.66. The lowest BCUT2D eigenvalue weighted by Crippen LogP contribution is -2.29. The Morgan fingerprint density at radius 1 is 0.920 bits per heavy atom. The van der Waals surface area contributed by atoms with Crippen LogP contribution in [0, 0.1) is 0 Å². The lowest BCUT2D eigenvalue weighted by Gasteiger charge is -2.04. The van der Waals surface area contributed by atoms with E-state index in [1.807, 2.05) is 36.4 Å². The van der Waals surface area contributed by atoms with Crippen LogP contribution >= 0.6 is 0 Å². The summed E-state index contributed by atoms with van der Waals surface area (Å²) in [6.45, 7) is 0.0925. The first-order valence-electron chi connectivity index (χ1n) is 7.91. The maximum absolute atomic E-state index is 11.9. The second-order valence-corrected chi connectivity index (χ2v) is 5.28. The summed E-state index contributed by atoms with van der Waals surface area (Å²) in [5, 5.41) is 2.10. The van der Waals surface area contributed by atoms with E-state index in [1.54, 1.807) is 30.3 Å². The predicted molar refractivity (Wildman–Crippen MR) is 93.9 cm³/mol. The first kappa shape index (κ1) is 18.1. The fraction of sp³-hybridized carbons (Fsp3) is 0.150. The van der Waals surface area contributed by atoms with E-state index in [2.05, 4.69) is 5.32 Å². The predicted octanol–water partition coefficient (Wildman–Crippen LogP) is 3.66. The SMILES string of the molecule is O=C(/C=C/CCC(=O)c1ccccc1)NC(=O)OCc1ccccc1. The lowest BCUT2D eigenvalue weighted by molar-refractivity contribution is -0.115. The number of nitrogens with one attached hydrogen (secondary N) is 1. The van der Waals surface area contributed by atoms with E-state index in [9.17, 15) is 14.4 Å². The van der Waals surface area contributed by atoms with Crippen LogP contribution in [0.5, 0.6) is 0 Å². The Bertz CT molecular complexity index is 739. The number of rotatable bonds is 7. The van der Waals surface area contributed by atoms with E-state index in [0.29, 0.717) is 18.4 Å². The van der Waals surface area contributed by atoms with E-state index in [0.717, 1.165) is 5.56 Å². The van der Waals surface area contributed by atoms with Crippen LogP contribution in [0.25, 0.3) is 0 Å². The molecule has 2 amide bonds. The zero-order chi connectivity index (χ0) is 17.9. The van der Waals surface area contributed by atoms with Gasteiger partial charge in [0.15, 0.2) is 5.78 Å². The van der Waals surface area contributed by atoms with Gasteiger partial charge in [-0.1, -0.05) is 66.7 Å². The molecule has 0 aliphatic rings. The average Bonchev–Trinajstić information content (AvgIpc) is 2.65. The first-order chi connectivity index (χ1) is 12.1. The molecular formula is C20H19NO4. The minimum atomic E-state index is -0.807. The van der Waals surface area contributed by atoms with Gasteiger partial charge in [0.1, 0.15) is 6.61 Å². The fourth-order valence-electron chi connectivity index (χ4n) is 2.07. The van der Waals surface area contributed by atoms with Crippen molar-refractivity contribution in [1.29, 1.82) is 0 Å². The van der Waals surface area contributed by atoms with Crippen LogP contribution in [0.3, 0.4) is 0 Å². The summed E-state index contributed by atoms with van der Waals surface area (Å²) in [6, 6.07) is 18.1. The summed E-state index contributed by atoms with van der Waals surface area (Å²) in [6.07, 6.45) is 2.69. The van der Waals surface area contributed by atoms with Gasteiger partial charge >= 0.3 is 6.09 Å². The van der Waals surface area contributed by atoms with Gasteiger partial charge in [0.05, 0.1) is 0 Å². The molecule has 0 aliphatic heterocycles. The van der Waals surface area contributed by atoms with Crippen molar-refractivity contribution >= 4 is 17.8 Å². The van der Waals surface area contributed by atoms with Crippen molar-refractivity contribution in [2.75, 3.05) is 0 Å². The molecule has 0 saturated heterocycles. The summed E-state index contributed by atoms with van der Waals surface area (Å²) in [5.74, 6) is -0.571. The van der Waals surface area contributed by atoms with Crippen LogP contribution in [-0.2, 0) is 16.1 Å². The molecule has 0 radical (unpaired) electrons. The van der Waals surface area contributed by atoms with E-state index in [-0.39, 0.29) is 12.4 Å². The molecule has 0 atom stereocenters. The number of carbonyl (C=O) groups is 3. The van der Waals surface area contributed by atoms with Crippen molar-refractivity contribution in [2.24, 2.45) is 0 Å². The third-order valence-electron chi connectivity index (χ3n) is 3.34. The van der Waals surface area contributed by atoms with Crippen LogP contribution < -0.4 is 5.32 Å². The lowest BCUT2D eigenvalue weighted by atomic mass is 10.1. The Morgan fingerprint density at radius 3 is 2.24 bits per heavy atom. The number of benzene rings is 2. The number of ketones is 1. The number of hydrogen-bond donors (Lipinski definition) is 1. The summed E-state index contributed by atoms with van der Waals surface area (Å²) in [5.41, 5.74) is 1.48. The van der Waals surface area contributed by atoms with Gasteiger partial charge in [-0.3, -0.25) is 14.9 Å². The zero-order valence-electron chi connectivity index (χ0n) is 13.7. The molecule has 0 fully saturated rings. The second-order valence-electron chi connectivity index (χ2n) is 5.28. The van der Waals surface area contributed by atoms with Gasteiger partial charge < -0.3 is 4.74 Å². The molecule has 5 heteroatoms. The molecule has 1 N–H and O–H groups in total. The highest BCUT2D eigenvalue weighted by molar-refractivity contribution is 5.98. The molecule has 0 saturated carbocycles. The normalized spacial score (nSPS) is 10.4. The maximum atomic E-state index is 11.9. The first-order valence-corrected chi connectivity index (χ1v) is 7.91. The fourth-order valence-corrected chi connectivity index (χ4v) is 2.07. The van der Waals surface area contributed by atoms with E-state index >= 15 is 0 Å². The minimum Gasteiger partial charge on any atom is -0.444 e. The minimum absolute atomic E-state index is 0.00734. The van der Waals surface area contributed by atoms with Gasteiger partial charge in [0, 0.05) is 12.0 Å². The molecule has 2 aromatic carbocycles. The van der Waals surface area contributed by atoms with Gasteiger partial charge in [0.2, 0.25) is 0 Å². The van der Waals surface area contributed by atoms with E-state index < -0.39 is 12.0 Å². The quantitative estimate of drug-likeness (QED) is 0.618. The second kappa shape index (κ2) is 9.82. The van der Waals surface area contributed by atoms with Crippen molar-refractivity contribution in [3.05, 3.63) is 83.9 Å². The highest BCUT2D eigenvalue weighted by Crippen LogP contribution is 2.05.